The molecule has 0 atom stereocenters. The van der Waals surface area contributed by atoms with E-state index >= 15 is 0 Å². The first-order chi connectivity index (χ1) is 11.0. The Hall–Kier alpha value is -2.66. The number of rotatable bonds is 3. The molecule has 23 heavy (non-hydrogen) atoms. The SMILES string of the molecule is Cc1cccc(C)c1NC(=O)c1nnc(-c2ccc(Cl)cc2)o1. The molecule has 116 valence electrons. The number of halogens is 1. The molecule has 1 amide bonds. The topological polar surface area (TPSA) is 68.0 Å². The van der Waals surface area contributed by atoms with Gasteiger partial charge in [-0.2, -0.15) is 0 Å². The zero-order valence-corrected chi connectivity index (χ0v) is 13.4. The molecule has 3 aromatic rings. The van der Waals surface area contributed by atoms with Crippen LogP contribution in [0.1, 0.15) is 21.8 Å². The van der Waals surface area contributed by atoms with Crippen LogP contribution in [0.3, 0.4) is 0 Å². The Kier molecular flexibility index (Phi) is 4.12. The van der Waals surface area contributed by atoms with E-state index in [0.29, 0.717) is 10.6 Å². The summed E-state index contributed by atoms with van der Waals surface area (Å²) in [5, 5.41) is 11.1. The number of nitrogens with zero attached hydrogens (tertiary/aromatic N) is 2. The van der Waals surface area contributed by atoms with Crippen LogP contribution in [0.15, 0.2) is 46.9 Å². The normalized spacial score (nSPS) is 10.6. The van der Waals surface area contributed by atoms with Crippen molar-refractivity contribution in [2.45, 2.75) is 13.8 Å². The molecule has 0 aliphatic carbocycles. The third-order valence-corrected chi connectivity index (χ3v) is 3.68. The summed E-state index contributed by atoms with van der Waals surface area (Å²) in [6, 6.07) is 12.7. The molecule has 0 unspecified atom stereocenters. The van der Waals surface area contributed by atoms with E-state index in [4.69, 9.17) is 16.0 Å². The van der Waals surface area contributed by atoms with E-state index in [-0.39, 0.29) is 11.8 Å². The Labute approximate surface area is 138 Å². The number of hydrogen-bond donors (Lipinski definition) is 1. The minimum atomic E-state index is -0.435. The van der Waals surface area contributed by atoms with Crippen LogP contribution in [0, 0.1) is 13.8 Å². The molecule has 5 nitrogen and oxygen atoms in total. The molecule has 3 rings (SSSR count). The van der Waals surface area contributed by atoms with Crippen LogP contribution in [-0.4, -0.2) is 16.1 Å². The summed E-state index contributed by atoms with van der Waals surface area (Å²) in [5.41, 5.74) is 3.39. The summed E-state index contributed by atoms with van der Waals surface area (Å²) in [6.45, 7) is 3.85. The Balaban J connectivity index is 1.83. The van der Waals surface area contributed by atoms with Gasteiger partial charge in [0.1, 0.15) is 0 Å². The number of aromatic nitrogens is 2. The summed E-state index contributed by atoms with van der Waals surface area (Å²) < 4.78 is 5.45. The summed E-state index contributed by atoms with van der Waals surface area (Å²) in [5.74, 6) is -0.249. The number of aryl methyl sites for hydroxylation is 2. The first kappa shape index (κ1) is 15.2. The van der Waals surface area contributed by atoms with Crippen LogP contribution in [0.5, 0.6) is 0 Å². The lowest BCUT2D eigenvalue weighted by atomic mass is 10.1. The van der Waals surface area contributed by atoms with Crippen molar-refractivity contribution in [1.29, 1.82) is 0 Å². The molecule has 1 heterocycles. The van der Waals surface area contributed by atoms with Gasteiger partial charge in [-0.05, 0) is 49.2 Å². The number of benzene rings is 2. The van der Waals surface area contributed by atoms with E-state index in [1.54, 1.807) is 24.3 Å². The first-order valence-electron chi connectivity index (χ1n) is 7.01. The molecule has 6 heteroatoms. The molecular weight excluding hydrogens is 314 g/mol. The monoisotopic (exact) mass is 327 g/mol. The van der Waals surface area contributed by atoms with Crippen LogP contribution < -0.4 is 5.32 Å². The number of hydrogen-bond acceptors (Lipinski definition) is 4. The molecule has 0 spiro atoms. The Morgan fingerprint density at radius 1 is 1.04 bits per heavy atom. The molecule has 0 radical (unpaired) electrons. The smallest absolute Gasteiger partial charge is 0.313 e. The zero-order chi connectivity index (χ0) is 16.4. The maximum Gasteiger partial charge on any atom is 0.313 e. The predicted octanol–water partition coefficient (Wildman–Crippen LogP) is 4.26. The number of anilines is 1. The highest BCUT2D eigenvalue weighted by Crippen LogP contribution is 2.22. The fourth-order valence-electron chi connectivity index (χ4n) is 2.20. The highest BCUT2D eigenvalue weighted by molar-refractivity contribution is 6.30. The second-order valence-electron chi connectivity index (χ2n) is 5.14. The number of amides is 1. The largest absolute Gasteiger partial charge is 0.412 e. The van der Waals surface area contributed by atoms with Crippen molar-refractivity contribution in [2.75, 3.05) is 5.32 Å². The summed E-state index contributed by atoms with van der Waals surface area (Å²) >= 11 is 5.84. The van der Waals surface area contributed by atoms with Crippen molar-refractivity contribution in [3.63, 3.8) is 0 Å². The lowest BCUT2D eigenvalue weighted by Gasteiger charge is -2.09. The van der Waals surface area contributed by atoms with Crippen LogP contribution in [0.2, 0.25) is 5.02 Å². The quantitative estimate of drug-likeness (QED) is 0.780. The average Bonchev–Trinajstić information content (AvgIpc) is 3.02. The highest BCUT2D eigenvalue weighted by atomic mass is 35.5. The van der Waals surface area contributed by atoms with Crippen molar-refractivity contribution < 1.29 is 9.21 Å². The number of carbonyl (C=O) groups excluding carboxylic acids is 1. The molecule has 0 bridgehead atoms. The van der Waals surface area contributed by atoms with Crippen LogP contribution in [-0.2, 0) is 0 Å². The van der Waals surface area contributed by atoms with Crippen molar-refractivity contribution >= 4 is 23.2 Å². The Bertz CT molecular complexity index is 836. The van der Waals surface area contributed by atoms with E-state index in [0.717, 1.165) is 16.8 Å². The lowest BCUT2D eigenvalue weighted by molar-refractivity contribution is 0.0990. The van der Waals surface area contributed by atoms with Gasteiger partial charge in [-0.3, -0.25) is 4.79 Å². The van der Waals surface area contributed by atoms with E-state index < -0.39 is 5.91 Å². The van der Waals surface area contributed by atoms with E-state index in [1.807, 2.05) is 32.0 Å². The first-order valence-corrected chi connectivity index (χ1v) is 7.39. The van der Waals surface area contributed by atoms with E-state index in [1.165, 1.54) is 0 Å². The van der Waals surface area contributed by atoms with Crippen LogP contribution in [0.25, 0.3) is 11.5 Å². The van der Waals surface area contributed by atoms with Gasteiger partial charge in [0.15, 0.2) is 0 Å². The molecule has 0 saturated heterocycles. The minimum absolute atomic E-state index is 0.0856. The summed E-state index contributed by atoms with van der Waals surface area (Å²) in [7, 11) is 0. The van der Waals surface area contributed by atoms with Gasteiger partial charge < -0.3 is 9.73 Å². The van der Waals surface area contributed by atoms with E-state index in [9.17, 15) is 4.79 Å². The van der Waals surface area contributed by atoms with Crippen molar-refractivity contribution in [3.05, 3.63) is 64.5 Å². The maximum absolute atomic E-state index is 12.3. The third-order valence-electron chi connectivity index (χ3n) is 3.43. The van der Waals surface area contributed by atoms with Crippen LogP contribution >= 0.6 is 11.6 Å². The molecular formula is C17H14ClN3O2. The molecule has 1 aromatic heterocycles. The van der Waals surface area contributed by atoms with Gasteiger partial charge in [0, 0.05) is 16.3 Å². The number of carbonyl (C=O) groups is 1. The standard InChI is InChI=1S/C17H14ClN3O2/c1-10-4-3-5-11(2)14(10)19-15(22)17-21-20-16(23-17)12-6-8-13(18)9-7-12/h3-9H,1-2H3,(H,19,22). The fraction of sp³-hybridized carbons (Fsp3) is 0.118. The highest BCUT2D eigenvalue weighted by Gasteiger charge is 2.17. The molecule has 2 aromatic carbocycles. The fourth-order valence-corrected chi connectivity index (χ4v) is 2.33. The zero-order valence-electron chi connectivity index (χ0n) is 12.6. The molecule has 0 saturated carbocycles. The van der Waals surface area contributed by atoms with Gasteiger partial charge in [0.25, 0.3) is 0 Å². The van der Waals surface area contributed by atoms with Gasteiger partial charge >= 0.3 is 11.8 Å². The van der Waals surface area contributed by atoms with Gasteiger partial charge in [-0.1, -0.05) is 29.8 Å². The predicted molar refractivity (Wildman–Crippen MR) is 88.6 cm³/mol. The van der Waals surface area contributed by atoms with Crippen LogP contribution in [0.4, 0.5) is 5.69 Å². The van der Waals surface area contributed by atoms with Crippen molar-refractivity contribution in [2.24, 2.45) is 0 Å². The summed E-state index contributed by atoms with van der Waals surface area (Å²) in [6.07, 6.45) is 0. The average molecular weight is 328 g/mol. The van der Waals surface area contributed by atoms with E-state index in [2.05, 4.69) is 15.5 Å². The molecule has 0 aliphatic heterocycles. The third kappa shape index (κ3) is 3.24. The van der Waals surface area contributed by atoms with Gasteiger partial charge in [0.2, 0.25) is 5.89 Å². The number of para-hydroxylation sites is 1. The second-order valence-corrected chi connectivity index (χ2v) is 5.58. The Morgan fingerprint density at radius 2 is 1.70 bits per heavy atom. The van der Waals surface area contributed by atoms with Crippen molar-refractivity contribution in [1.82, 2.24) is 10.2 Å². The number of nitrogens with one attached hydrogen (secondary N) is 1. The van der Waals surface area contributed by atoms with Gasteiger partial charge in [0.05, 0.1) is 0 Å². The van der Waals surface area contributed by atoms with Gasteiger partial charge in [-0.15, -0.1) is 10.2 Å². The molecule has 0 aliphatic rings. The Morgan fingerprint density at radius 3 is 2.35 bits per heavy atom. The maximum atomic E-state index is 12.3. The summed E-state index contributed by atoms with van der Waals surface area (Å²) in [4.78, 5) is 12.3. The molecule has 0 fully saturated rings. The van der Waals surface area contributed by atoms with Gasteiger partial charge in [-0.25, -0.2) is 0 Å². The lowest BCUT2D eigenvalue weighted by Crippen LogP contribution is -2.14. The molecule has 1 N–H and O–H groups in total. The second kappa shape index (κ2) is 6.22. The van der Waals surface area contributed by atoms with Crippen molar-refractivity contribution in [3.8, 4) is 11.5 Å². The minimum Gasteiger partial charge on any atom is -0.412 e.